The predicted molar refractivity (Wildman–Crippen MR) is 54.2 cm³/mol. The maximum atomic E-state index is 5.66. The van der Waals surface area contributed by atoms with Gasteiger partial charge in [-0.05, 0) is 27.7 Å². The van der Waals surface area contributed by atoms with Gasteiger partial charge in [0.2, 0.25) is 0 Å². The van der Waals surface area contributed by atoms with Crippen molar-refractivity contribution in [1.82, 2.24) is 0 Å². The van der Waals surface area contributed by atoms with E-state index < -0.39 is 9.28 Å². The molecule has 0 saturated carbocycles. The van der Waals surface area contributed by atoms with Crippen LogP contribution < -0.4 is 0 Å². The minimum Gasteiger partial charge on any atom is -0.394 e. The van der Waals surface area contributed by atoms with Crippen molar-refractivity contribution in [2.24, 2.45) is 0 Å². The molecule has 0 rings (SSSR count). The Morgan fingerprint density at radius 1 is 1.08 bits per heavy atom. The summed E-state index contributed by atoms with van der Waals surface area (Å²) in [5, 5.41) is 0. The number of hydrogen-bond acceptors (Lipinski definition) is 2. The van der Waals surface area contributed by atoms with Crippen LogP contribution in [0.5, 0.6) is 0 Å². The molecule has 0 fully saturated rings. The van der Waals surface area contributed by atoms with Crippen LogP contribution in [-0.2, 0) is 8.85 Å². The van der Waals surface area contributed by atoms with E-state index in [1.165, 1.54) is 0 Å². The minimum atomic E-state index is -1.47. The molecule has 0 aromatic carbocycles. The Kier molecular flexibility index (Phi) is 6.71. The summed E-state index contributed by atoms with van der Waals surface area (Å²) in [6.45, 7) is 10.3. The third kappa shape index (κ3) is 6.82. The van der Waals surface area contributed by atoms with Crippen molar-refractivity contribution >= 4 is 9.28 Å². The van der Waals surface area contributed by atoms with Gasteiger partial charge in [0, 0.05) is 18.3 Å². The molecule has 12 heavy (non-hydrogen) atoms. The van der Waals surface area contributed by atoms with Crippen molar-refractivity contribution in [1.29, 1.82) is 0 Å². The molecule has 0 atom stereocenters. The molecule has 0 aliphatic heterocycles. The monoisotopic (exact) mass is 189 g/mol. The summed E-state index contributed by atoms with van der Waals surface area (Å²) in [6, 6.07) is 2.18. The fraction of sp³-hybridized carbons (Fsp3) is 0.889. The van der Waals surface area contributed by atoms with Gasteiger partial charge in [-0.3, -0.25) is 0 Å². The number of hydrogen-bond donors (Lipinski definition) is 0. The Bertz CT molecular complexity index is 94.7. The van der Waals surface area contributed by atoms with Crippen molar-refractivity contribution in [2.45, 2.75) is 53.2 Å². The first-order chi connectivity index (χ1) is 5.56. The van der Waals surface area contributed by atoms with Gasteiger partial charge in [0.15, 0.2) is 0 Å². The molecule has 1 radical (unpaired) electrons. The number of rotatable bonds is 6. The molecule has 0 aromatic rings. The molecule has 0 amide bonds. The second-order valence-corrected chi connectivity index (χ2v) is 5.13. The van der Waals surface area contributed by atoms with Gasteiger partial charge in [0.25, 0.3) is 0 Å². The highest BCUT2D eigenvalue weighted by Crippen LogP contribution is 2.04. The first-order valence-electron chi connectivity index (χ1n) is 4.70. The van der Waals surface area contributed by atoms with E-state index in [1.54, 1.807) is 0 Å². The van der Waals surface area contributed by atoms with Crippen molar-refractivity contribution in [3.63, 3.8) is 0 Å². The second-order valence-electron chi connectivity index (χ2n) is 3.38. The lowest BCUT2D eigenvalue weighted by molar-refractivity contribution is 0.134. The van der Waals surface area contributed by atoms with E-state index in [9.17, 15) is 0 Å². The summed E-state index contributed by atoms with van der Waals surface area (Å²) in [7, 11) is -1.47. The Hall–Kier alpha value is 0.137. The lowest BCUT2D eigenvalue weighted by atomic mass is 10.5. The smallest absolute Gasteiger partial charge is 0.325 e. The molecule has 0 heterocycles. The van der Waals surface area contributed by atoms with E-state index in [0.29, 0.717) is 0 Å². The summed E-state index contributed by atoms with van der Waals surface area (Å²) in [6.07, 6.45) is 1.60. The third-order valence-corrected chi connectivity index (χ3v) is 3.72. The Morgan fingerprint density at radius 3 is 1.75 bits per heavy atom. The first-order valence-corrected chi connectivity index (χ1v) is 6.31. The zero-order chi connectivity index (χ0) is 9.56. The zero-order valence-corrected chi connectivity index (χ0v) is 9.99. The van der Waals surface area contributed by atoms with E-state index in [0.717, 1.165) is 6.42 Å². The average Bonchev–Trinajstić information content (AvgIpc) is 1.84. The van der Waals surface area contributed by atoms with Gasteiger partial charge in [-0.25, -0.2) is 0 Å². The molecule has 0 aliphatic carbocycles. The third-order valence-electron chi connectivity index (χ3n) is 1.24. The van der Waals surface area contributed by atoms with E-state index in [1.807, 2.05) is 27.7 Å². The van der Waals surface area contributed by atoms with Gasteiger partial charge in [0.1, 0.15) is 0 Å². The normalized spacial score (nSPS) is 12.0. The minimum absolute atomic E-state index is 0.281. The van der Waals surface area contributed by atoms with Gasteiger partial charge in [-0.1, -0.05) is 13.3 Å². The Balaban J connectivity index is 3.69. The van der Waals surface area contributed by atoms with Crippen LogP contribution >= 0.6 is 0 Å². The van der Waals surface area contributed by atoms with Crippen molar-refractivity contribution in [2.75, 3.05) is 0 Å². The first kappa shape index (κ1) is 12.1. The summed E-state index contributed by atoms with van der Waals surface area (Å²) < 4.78 is 11.3. The lowest BCUT2D eigenvalue weighted by Gasteiger charge is -2.20. The maximum absolute atomic E-state index is 5.66. The van der Waals surface area contributed by atoms with Crippen LogP contribution in [0.2, 0.25) is 0 Å². The molecule has 0 bridgehead atoms. The standard InChI is InChI=1S/C9H21O2Si/c1-6-7-12(10-8(2)3)11-9(4)5/h7-9,12H,6H2,1-5H3. The second kappa shape index (κ2) is 6.63. The van der Waals surface area contributed by atoms with Crippen LogP contribution in [0, 0.1) is 6.04 Å². The molecule has 73 valence electrons. The molecule has 2 nitrogen and oxygen atoms in total. The summed E-state index contributed by atoms with van der Waals surface area (Å²) in [5.74, 6) is 0. The van der Waals surface area contributed by atoms with Gasteiger partial charge >= 0.3 is 9.28 Å². The van der Waals surface area contributed by atoms with Crippen molar-refractivity contribution in [3.05, 3.63) is 6.04 Å². The molecular formula is C9H21O2Si. The topological polar surface area (TPSA) is 18.5 Å². The summed E-state index contributed by atoms with van der Waals surface area (Å²) >= 11 is 0. The molecule has 0 aliphatic rings. The quantitative estimate of drug-likeness (QED) is 0.596. The fourth-order valence-corrected chi connectivity index (χ4v) is 2.62. The van der Waals surface area contributed by atoms with Crippen LogP contribution in [0.25, 0.3) is 0 Å². The van der Waals surface area contributed by atoms with Gasteiger partial charge in [-0.2, -0.15) is 0 Å². The largest absolute Gasteiger partial charge is 0.394 e. The molecule has 0 unspecified atom stereocenters. The van der Waals surface area contributed by atoms with Crippen molar-refractivity contribution < 1.29 is 8.85 Å². The maximum Gasteiger partial charge on any atom is 0.325 e. The summed E-state index contributed by atoms with van der Waals surface area (Å²) in [4.78, 5) is 0. The van der Waals surface area contributed by atoms with Crippen LogP contribution in [-0.4, -0.2) is 21.5 Å². The van der Waals surface area contributed by atoms with Crippen LogP contribution in [0.3, 0.4) is 0 Å². The van der Waals surface area contributed by atoms with Gasteiger partial charge in [-0.15, -0.1) is 0 Å². The molecular weight excluding hydrogens is 168 g/mol. The fourth-order valence-electron chi connectivity index (χ4n) is 0.872. The van der Waals surface area contributed by atoms with E-state index in [4.69, 9.17) is 8.85 Å². The molecule has 0 N–H and O–H groups in total. The zero-order valence-electron chi connectivity index (χ0n) is 8.83. The van der Waals surface area contributed by atoms with E-state index >= 15 is 0 Å². The van der Waals surface area contributed by atoms with Gasteiger partial charge < -0.3 is 8.85 Å². The average molecular weight is 189 g/mol. The molecule has 3 heteroatoms. The highest BCUT2D eigenvalue weighted by molar-refractivity contribution is 6.48. The highest BCUT2D eigenvalue weighted by Gasteiger charge is 2.15. The SMILES string of the molecule is CC[CH][SiH](OC(C)C)OC(C)C. The van der Waals surface area contributed by atoms with E-state index in [2.05, 4.69) is 13.0 Å². The Labute approximate surface area is 78.1 Å². The summed E-state index contributed by atoms with van der Waals surface area (Å²) in [5.41, 5.74) is 0. The molecule has 0 saturated heterocycles. The van der Waals surface area contributed by atoms with Crippen LogP contribution in [0.4, 0.5) is 0 Å². The van der Waals surface area contributed by atoms with Crippen LogP contribution in [0.15, 0.2) is 0 Å². The van der Waals surface area contributed by atoms with Crippen molar-refractivity contribution in [3.8, 4) is 0 Å². The predicted octanol–water partition coefficient (Wildman–Crippen LogP) is 2.21. The highest BCUT2D eigenvalue weighted by atomic mass is 28.3. The van der Waals surface area contributed by atoms with Gasteiger partial charge in [0.05, 0.1) is 0 Å². The van der Waals surface area contributed by atoms with E-state index in [-0.39, 0.29) is 12.2 Å². The Morgan fingerprint density at radius 2 is 1.50 bits per heavy atom. The lowest BCUT2D eigenvalue weighted by Crippen LogP contribution is -2.30. The molecule has 0 aromatic heterocycles. The molecule has 0 spiro atoms. The van der Waals surface area contributed by atoms with Crippen LogP contribution in [0.1, 0.15) is 41.0 Å².